The molecule has 0 aliphatic heterocycles. The predicted molar refractivity (Wildman–Crippen MR) is 114 cm³/mol. The highest BCUT2D eigenvalue weighted by atomic mass is 16.6. The lowest BCUT2D eigenvalue weighted by Crippen LogP contribution is -2.38. The first kappa shape index (κ1) is 20.1. The van der Waals surface area contributed by atoms with Gasteiger partial charge in [-0.25, -0.2) is 4.79 Å². The van der Waals surface area contributed by atoms with Crippen molar-refractivity contribution in [1.82, 2.24) is 5.32 Å². The maximum absolute atomic E-state index is 12.0. The minimum Gasteiger partial charge on any atom is -0.489 e. The van der Waals surface area contributed by atoms with E-state index in [9.17, 15) is 10.1 Å². The molecule has 1 aliphatic rings. The minimum absolute atomic E-state index is 0.0978. The summed E-state index contributed by atoms with van der Waals surface area (Å²) in [5.41, 5.74) is 1.42. The summed E-state index contributed by atoms with van der Waals surface area (Å²) in [5.74, 6) is 0.976. The highest BCUT2D eigenvalue weighted by Crippen LogP contribution is 2.37. The van der Waals surface area contributed by atoms with Crippen LogP contribution in [-0.4, -0.2) is 24.3 Å². The van der Waals surface area contributed by atoms with Crippen molar-refractivity contribution in [3.63, 3.8) is 0 Å². The number of fused-ring (bicyclic) bond motifs is 3. The van der Waals surface area contributed by atoms with E-state index in [1.807, 2.05) is 45.0 Å². The van der Waals surface area contributed by atoms with Crippen LogP contribution in [0.25, 0.3) is 21.9 Å². The van der Waals surface area contributed by atoms with E-state index in [2.05, 4.69) is 11.4 Å². The van der Waals surface area contributed by atoms with Crippen molar-refractivity contribution in [2.45, 2.75) is 51.7 Å². The Morgan fingerprint density at radius 1 is 1.23 bits per heavy atom. The van der Waals surface area contributed by atoms with Crippen LogP contribution in [0.2, 0.25) is 0 Å². The van der Waals surface area contributed by atoms with Gasteiger partial charge in [0.1, 0.15) is 11.2 Å². The van der Waals surface area contributed by atoms with Crippen LogP contribution in [0, 0.1) is 17.2 Å². The number of nitriles is 1. The molecule has 30 heavy (non-hydrogen) atoms. The second kappa shape index (κ2) is 7.91. The molecule has 3 aromatic rings. The van der Waals surface area contributed by atoms with Gasteiger partial charge < -0.3 is 19.2 Å². The molecule has 1 saturated carbocycles. The molecule has 6 heteroatoms. The number of carbonyl (C=O) groups is 1. The van der Waals surface area contributed by atoms with E-state index in [0.717, 1.165) is 35.6 Å². The number of hydrogen-bond acceptors (Lipinski definition) is 5. The number of carbonyl (C=O) groups excluding carboxylic acids is 1. The zero-order chi connectivity index (χ0) is 21.3. The van der Waals surface area contributed by atoms with Gasteiger partial charge in [0.2, 0.25) is 0 Å². The van der Waals surface area contributed by atoms with Crippen LogP contribution >= 0.6 is 0 Å². The molecular weight excluding hydrogens is 380 g/mol. The van der Waals surface area contributed by atoms with Crippen LogP contribution in [-0.2, 0) is 4.74 Å². The average Bonchev–Trinajstić information content (AvgIpc) is 3.29. The highest BCUT2D eigenvalue weighted by Gasteiger charge is 2.28. The average molecular weight is 406 g/mol. The molecule has 0 unspecified atom stereocenters. The number of furan rings is 1. The summed E-state index contributed by atoms with van der Waals surface area (Å²) in [6.07, 6.45) is 2.35. The van der Waals surface area contributed by atoms with Crippen LogP contribution < -0.4 is 10.1 Å². The Morgan fingerprint density at radius 2 is 2.03 bits per heavy atom. The largest absolute Gasteiger partial charge is 0.489 e. The topological polar surface area (TPSA) is 84.5 Å². The fourth-order valence-corrected chi connectivity index (χ4v) is 4.05. The molecule has 2 atom stereocenters. The summed E-state index contributed by atoms with van der Waals surface area (Å²) in [6, 6.07) is 13.6. The van der Waals surface area contributed by atoms with E-state index < -0.39 is 5.60 Å². The molecule has 0 saturated heterocycles. The molecule has 1 amide bonds. The number of alkyl carbamates (subject to hydrolysis) is 1. The molecule has 0 radical (unpaired) electrons. The zero-order valence-electron chi connectivity index (χ0n) is 17.5. The Labute approximate surface area is 175 Å². The second-order valence-corrected chi connectivity index (χ2v) is 8.86. The lowest BCUT2D eigenvalue weighted by Gasteiger charge is -2.21. The quantitative estimate of drug-likeness (QED) is 0.616. The number of ether oxygens (including phenoxy) is 2. The molecule has 1 heterocycles. The zero-order valence-corrected chi connectivity index (χ0v) is 17.5. The first-order valence-corrected chi connectivity index (χ1v) is 10.3. The third kappa shape index (κ3) is 4.20. The second-order valence-electron chi connectivity index (χ2n) is 8.86. The molecule has 2 aromatic carbocycles. The summed E-state index contributed by atoms with van der Waals surface area (Å²) >= 11 is 0. The van der Waals surface area contributed by atoms with Crippen molar-refractivity contribution in [2.24, 2.45) is 5.92 Å². The normalized spacial score (nSPS) is 19.0. The van der Waals surface area contributed by atoms with Gasteiger partial charge in [-0.1, -0.05) is 18.2 Å². The number of amides is 1. The van der Waals surface area contributed by atoms with Gasteiger partial charge in [-0.2, -0.15) is 5.26 Å². The van der Waals surface area contributed by atoms with Gasteiger partial charge >= 0.3 is 6.09 Å². The lowest BCUT2D eigenvalue weighted by atomic mass is 10.1. The van der Waals surface area contributed by atoms with Gasteiger partial charge in [0.25, 0.3) is 0 Å². The molecule has 0 bridgehead atoms. The number of nitrogens with zero attached hydrogens (tertiary/aromatic N) is 1. The van der Waals surface area contributed by atoms with Gasteiger partial charge in [0.05, 0.1) is 18.2 Å². The molecular formula is C24H26N2O4. The van der Waals surface area contributed by atoms with E-state index in [1.54, 1.807) is 12.1 Å². The van der Waals surface area contributed by atoms with Crippen molar-refractivity contribution in [3.8, 4) is 11.8 Å². The van der Waals surface area contributed by atoms with Crippen molar-refractivity contribution < 1.29 is 18.7 Å². The SMILES string of the molecule is CC(C)(C)OC(=O)N[C@@H]1CC[C@H](COc2ccc(C#N)c3c2oc2ccccc23)C1. The Morgan fingerprint density at radius 3 is 2.80 bits per heavy atom. The van der Waals surface area contributed by atoms with Crippen molar-refractivity contribution in [3.05, 3.63) is 42.0 Å². The van der Waals surface area contributed by atoms with E-state index in [4.69, 9.17) is 13.9 Å². The number of rotatable bonds is 4. The van der Waals surface area contributed by atoms with Crippen molar-refractivity contribution >= 4 is 28.0 Å². The highest BCUT2D eigenvalue weighted by molar-refractivity contribution is 6.09. The van der Waals surface area contributed by atoms with Crippen LogP contribution in [0.1, 0.15) is 45.6 Å². The summed E-state index contributed by atoms with van der Waals surface area (Å²) in [5, 5.41) is 14.2. The summed E-state index contributed by atoms with van der Waals surface area (Å²) in [6.45, 7) is 6.10. The Kier molecular flexibility index (Phi) is 5.29. The first-order valence-electron chi connectivity index (χ1n) is 10.3. The van der Waals surface area contributed by atoms with Crippen molar-refractivity contribution in [1.29, 1.82) is 5.26 Å². The number of nitrogens with one attached hydrogen (secondary N) is 1. The van der Waals surface area contributed by atoms with Gasteiger partial charge in [0.15, 0.2) is 11.3 Å². The van der Waals surface area contributed by atoms with E-state index >= 15 is 0 Å². The third-order valence-electron chi connectivity index (χ3n) is 5.35. The predicted octanol–water partition coefficient (Wildman–Crippen LogP) is 5.53. The van der Waals surface area contributed by atoms with Gasteiger partial charge in [-0.15, -0.1) is 0 Å². The first-order chi connectivity index (χ1) is 14.3. The summed E-state index contributed by atoms with van der Waals surface area (Å²) < 4.78 is 17.5. The van der Waals surface area contributed by atoms with E-state index in [0.29, 0.717) is 29.4 Å². The molecule has 1 aromatic heterocycles. The smallest absolute Gasteiger partial charge is 0.407 e. The van der Waals surface area contributed by atoms with Gasteiger partial charge in [0, 0.05) is 16.8 Å². The Balaban J connectivity index is 1.44. The Bertz CT molecular complexity index is 1120. The number of hydrogen-bond donors (Lipinski definition) is 1. The molecule has 0 spiro atoms. The molecule has 1 fully saturated rings. The standard InChI is InChI=1S/C24H26N2O4/c1-24(2,3)30-23(27)26-17-10-8-15(12-17)14-28-20-11-9-16(13-25)21-18-6-4-5-7-19(18)29-22(20)21/h4-7,9,11,15,17H,8,10,12,14H2,1-3H3,(H,26,27)/t15-,17+/m0/s1. The monoisotopic (exact) mass is 406 g/mol. The van der Waals surface area contributed by atoms with Crippen molar-refractivity contribution in [2.75, 3.05) is 6.61 Å². The summed E-state index contributed by atoms with van der Waals surface area (Å²) in [7, 11) is 0. The molecule has 1 aliphatic carbocycles. The third-order valence-corrected chi connectivity index (χ3v) is 5.35. The van der Waals surface area contributed by atoms with Crippen LogP contribution in [0.15, 0.2) is 40.8 Å². The number of benzene rings is 2. The fourth-order valence-electron chi connectivity index (χ4n) is 4.05. The molecule has 1 N–H and O–H groups in total. The van der Waals surface area contributed by atoms with Crippen LogP contribution in [0.5, 0.6) is 5.75 Å². The Hall–Kier alpha value is -3.20. The maximum atomic E-state index is 12.0. The van der Waals surface area contributed by atoms with Gasteiger partial charge in [-0.3, -0.25) is 0 Å². The van der Waals surface area contributed by atoms with E-state index in [-0.39, 0.29) is 12.1 Å². The van der Waals surface area contributed by atoms with Crippen LogP contribution in [0.4, 0.5) is 4.79 Å². The number of para-hydroxylation sites is 1. The van der Waals surface area contributed by atoms with E-state index in [1.165, 1.54) is 0 Å². The maximum Gasteiger partial charge on any atom is 0.407 e. The fraction of sp³-hybridized carbons (Fsp3) is 0.417. The molecule has 6 nitrogen and oxygen atoms in total. The minimum atomic E-state index is -0.501. The summed E-state index contributed by atoms with van der Waals surface area (Å²) in [4.78, 5) is 12.0. The molecule has 156 valence electrons. The van der Waals surface area contributed by atoms with Crippen LogP contribution in [0.3, 0.4) is 0 Å². The van der Waals surface area contributed by atoms with Gasteiger partial charge in [-0.05, 0) is 64.2 Å². The lowest BCUT2D eigenvalue weighted by molar-refractivity contribution is 0.0504. The molecule has 4 rings (SSSR count).